The van der Waals surface area contributed by atoms with Crippen LogP contribution in [0.3, 0.4) is 0 Å². The second-order valence-corrected chi connectivity index (χ2v) is 3.56. The monoisotopic (exact) mass is 299 g/mol. The van der Waals surface area contributed by atoms with Gasteiger partial charge in [0.2, 0.25) is 0 Å². The molecule has 0 aliphatic heterocycles. The Bertz CT molecular complexity index is 489. The van der Waals surface area contributed by atoms with Gasteiger partial charge >= 0.3 is 90.4 Å². The van der Waals surface area contributed by atoms with E-state index < -0.39 is 22.0 Å². The SMILES string of the molecule is [O]=[Sb][O]c1ccc(F)c2cccnc12. The summed E-state index contributed by atoms with van der Waals surface area (Å²) < 4.78 is 28.6. The molecule has 2 aromatic rings. The van der Waals surface area contributed by atoms with Crippen molar-refractivity contribution in [3.63, 3.8) is 0 Å². The molecule has 70 valence electrons. The summed E-state index contributed by atoms with van der Waals surface area (Å²) in [4.78, 5) is 3.98. The summed E-state index contributed by atoms with van der Waals surface area (Å²) in [6, 6.07) is 5.98. The van der Waals surface area contributed by atoms with E-state index in [1.54, 1.807) is 18.3 Å². The predicted molar refractivity (Wildman–Crippen MR) is 48.8 cm³/mol. The Labute approximate surface area is 90.4 Å². The predicted octanol–water partition coefficient (Wildman–Crippen LogP) is 1.72. The molecule has 0 aliphatic rings. The van der Waals surface area contributed by atoms with Crippen LogP contribution in [0.25, 0.3) is 10.9 Å². The van der Waals surface area contributed by atoms with Crippen molar-refractivity contribution in [1.82, 2.24) is 4.98 Å². The Kier molecular flexibility index (Phi) is 2.73. The normalized spacial score (nSPS) is 10.1. The fourth-order valence-electron chi connectivity index (χ4n) is 1.23. The van der Waals surface area contributed by atoms with E-state index in [-0.39, 0.29) is 5.82 Å². The number of rotatable bonds is 2. The van der Waals surface area contributed by atoms with E-state index in [2.05, 4.69) is 4.98 Å². The van der Waals surface area contributed by atoms with E-state index >= 15 is 0 Å². The molecule has 0 saturated carbocycles. The number of fused-ring (bicyclic) bond motifs is 1. The van der Waals surface area contributed by atoms with Crippen LogP contribution in [-0.4, -0.2) is 27.0 Å². The molecule has 0 atom stereocenters. The van der Waals surface area contributed by atoms with E-state index in [1.807, 2.05) is 0 Å². The summed E-state index contributed by atoms with van der Waals surface area (Å²) in [6.45, 7) is 0. The van der Waals surface area contributed by atoms with Crippen molar-refractivity contribution >= 4 is 32.9 Å². The third kappa shape index (κ3) is 1.62. The van der Waals surface area contributed by atoms with Crippen molar-refractivity contribution < 1.29 is 10.4 Å². The van der Waals surface area contributed by atoms with Crippen molar-refractivity contribution in [2.24, 2.45) is 0 Å². The minimum atomic E-state index is -1.89. The van der Waals surface area contributed by atoms with Crippen LogP contribution in [0.1, 0.15) is 0 Å². The van der Waals surface area contributed by atoms with Gasteiger partial charge in [-0.2, -0.15) is 0 Å². The summed E-state index contributed by atoms with van der Waals surface area (Å²) in [5, 5.41) is 0.384. The Morgan fingerprint density at radius 3 is 3.00 bits per heavy atom. The first kappa shape index (κ1) is 9.53. The number of halogens is 1. The van der Waals surface area contributed by atoms with Crippen LogP contribution >= 0.6 is 0 Å². The summed E-state index contributed by atoms with van der Waals surface area (Å²) in [5.74, 6) is 0.0309. The Morgan fingerprint density at radius 1 is 1.36 bits per heavy atom. The molecule has 0 bridgehead atoms. The zero-order valence-electron chi connectivity index (χ0n) is 6.98. The molecular formula is C9H5FNO2Sb. The maximum absolute atomic E-state index is 13.2. The Balaban J connectivity index is 2.74. The van der Waals surface area contributed by atoms with Crippen LogP contribution in [0.4, 0.5) is 4.39 Å². The van der Waals surface area contributed by atoms with Crippen molar-refractivity contribution in [3.05, 3.63) is 36.3 Å². The molecule has 3 nitrogen and oxygen atoms in total. The molecule has 1 aromatic carbocycles. The molecule has 1 heterocycles. The molecule has 0 unspecified atom stereocenters. The van der Waals surface area contributed by atoms with Gasteiger partial charge in [-0.05, 0) is 0 Å². The summed E-state index contributed by atoms with van der Waals surface area (Å²) in [5.41, 5.74) is 0.416. The molecule has 14 heavy (non-hydrogen) atoms. The fraction of sp³-hybridized carbons (Fsp3) is 0. The molecule has 1 aromatic heterocycles. The molecule has 0 N–H and O–H groups in total. The average molecular weight is 300 g/mol. The van der Waals surface area contributed by atoms with Gasteiger partial charge in [0.25, 0.3) is 0 Å². The standard InChI is InChI=1S/C9H6FNO.O.Sb/c10-7-3-4-8(12)9-6(7)2-1-5-11-9;;/h1-5,12H;;/q;;+1/p-1. The first-order chi connectivity index (χ1) is 6.83. The summed E-state index contributed by atoms with van der Waals surface area (Å²) in [6.07, 6.45) is 1.54. The second kappa shape index (κ2) is 4.01. The van der Waals surface area contributed by atoms with Crippen LogP contribution in [0.2, 0.25) is 0 Å². The summed E-state index contributed by atoms with van der Waals surface area (Å²) in [7, 11) is 0. The van der Waals surface area contributed by atoms with Crippen molar-refractivity contribution in [3.8, 4) is 5.75 Å². The third-order valence-corrected chi connectivity index (χ3v) is 2.59. The zero-order valence-corrected chi connectivity index (χ0v) is 9.53. The van der Waals surface area contributed by atoms with E-state index in [9.17, 15) is 7.41 Å². The molecular weight excluding hydrogens is 295 g/mol. The fourth-order valence-corrected chi connectivity index (χ4v) is 1.88. The first-order valence-corrected chi connectivity index (χ1v) is 5.94. The second-order valence-electron chi connectivity index (χ2n) is 2.61. The zero-order chi connectivity index (χ0) is 9.97. The molecule has 0 spiro atoms. The third-order valence-electron chi connectivity index (χ3n) is 1.82. The van der Waals surface area contributed by atoms with Crippen LogP contribution in [0.5, 0.6) is 5.75 Å². The number of benzene rings is 1. The van der Waals surface area contributed by atoms with Gasteiger partial charge in [0, 0.05) is 0 Å². The molecule has 5 heteroatoms. The quantitative estimate of drug-likeness (QED) is 0.793. The topological polar surface area (TPSA) is 39.2 Å². The van der Waals surface area contributed by atoms with E-state index in [0.29, 0.717) is 16.7 Å². The molecule has 0 radical (unpaired) electrons. The minimum absolute atomic E-state index is 0.352. The molecule has 0 fully saturated rings. The summed E-state index contributed by atoms with van der Waals surface area (Å²) >= 11 is -1.89. The molecule has 0 amide bonds. The number of pyridine rings is 1. The van der Waals surface area contributed by atoms with Gasteiger partial charge in [-0.15, -0.1) is 0 Å². The van der Waals surface area contributed by atoms with Gasteiger partial charge in [0.05, 0.1) is 0 Å². The molecule has 0 saturated heterocycles. The molecule has 0 aliphatic carbocycles. The van der Waals surface area contributed by atoms with Gasteiger partial charge in [-0.3, -0.25) is 0 Å². The van der Waals surface area contributed by atoms with Crippen LogP contribution in [0, 0.1) is 5.82 Å². The first-order valence-electron chi connectivity index (χ1n) is 3.86. The van der Waals surface area contributed by atoms with Crippen LogP contribution in [0.15, 0.2) is 30.5 Å². The van der Waals surface area contributed by atoms with Gasteiger partial charge in [0.1, 0.15) is 0 Å². The van der Waals surface area contributed by atoms with Crippen LogP contribution < -0.4 is 3.02 Å². The van der Waals surface area contributed by atoms with Crippen molar-refractivity contribution in [2.75, 3.05) is 0 Å². The van der Waals surface area contributed by atoms with Crippen molar-refractivity contribution in [1.29, 1.82) is 0 Å². The van der Waals surface area contributed by atoms with Crippen molar-refractivity contribution in [2.45, 2.75) is 0 Å². The van der Waals surface area contributed by atoms with Gasteiger partial charge in [-0.1, -0.05) is 0 Å². The van der Waals surface area contributed by atoms with E-state index in [1.165, 1.54) is 12.1 Å². The molecule has 2 rings (SSSR count). The number of aromatic nitrogens is 1. The maximum atomic E-state index is 13.2. The van der Waals surface area contributed by atoms with Gasteiger partial charge < -0.3 is 0 Å². The number of hydrogen-bond acceptors (Lipinski definition) is 3. The van der Waals surface area contributed by atoms with E-state index in [0.717, 1.165) is 0 Å². The van der Waals surface area contributed by atoms with Gasteiger partial charge in [0.15, 0.2) is 0 Å². The number of nitrogens with zero attached hydrogens (tertiary/aromatic N) is 1. The Morgan fingerprint density at radius 2 is 2.21 bits per heavy atom. The average Bonchev–Trinajstić information content (AvgIpc) is 2.23. The van der Waals surface area contributed by atoms with E-state index in [4.69, 9.17) is 3.02 Å². The number of hydrogen-bond donors (Lipinski definition) is 0. The Hall–Kier alpha value is -1.02. The van der Waals surface area contributed by atoms with Gasteiger partial charge in [-0.25, -0.2) is 0 Å². The van der Waals surface area contributed by atoms with Crippen LogP contribution in [-0.2, 0) is 3.02 Å².